The molecule has 2 fully saturated rings. The summed E-state index contributed by atoms with van der Waals surface area (Å²) in [5.41, 5.74) is 4.52. The maximum absolute atomic E-state index is 13.0. The zero-order chi connectivity index (χ0) is 21.3. The van der Waals surface area contributed by atoms with Gasteiger partial charge in [0.1, 0.15) is 0 Å². The van der Waals surface area contributed by atoms with Crippen LogP contribution in [0.5, 0.6) is 0 Å². The first kappa shape index (κ1) is 20.2. The van der Waals surface area contributed by atoms with E-state index in [1.54, 1.807) is 12.1 Å². The molecule has 3 aromatic rings. The van der Waals surface area contributed by atoms with Crippen LogP contribution in [0.1, 0.15) is 0 Å². The summed E-state index contributed by atoms with van der Waals surface area (Å²) in [6, 6.07) is 25.0. The van der Waals surface area contributed by atoms with E-state index in [1.807, 2.05) is 24.3 Å². The van der Waals surface area contributed by atoms with Crippen molar-refractivity contribution in [3.05, 3.63) is 72.8 Å². The largest absolute Gasteiger partial charge is 0.357 e. The Balaban J connectivity index is 1.58. The van der Waals surface area contributed by atoms with Crippen molar-refractivity contribution in [2.45, 2.75) is 10.4 Å². The summed E-state index contributed by atoms with van der Waals surface area (Å²) >= 11 is 0. The molecule has 31 heavy (non-hydrogen) atoms. The number of sulfone groups is 1. The molecule has 0 atom stereocenters. The topological polar surface area (TPSA) is 73.5 Å². The quantitative estimate of drug-likeness (QED) is 0.574. The molecule has 1 radical (unpaired) electrons. The van der Waals surface area contributed by atoms with Crippen molar-refractivity contribution in [2.24, 2.45) is 0 Å². The van der Waals surface area contributed by atoms with Gasteiger partial charge in [0, 0.05) is 43.5 Å². The van der Waals surface area contributed by atoms with Crippen LogP contribution >= 0.6 is 0 Å². The Hall–Kier alpha value is -2.71. The number of nitrogens with zero attached hydrogens (tertiary/aromatic N) is 1. The van der Waals surface area contributed by atoms with Gasteiger partial charge in [0.2, 0.25) is 9.84 Å². The fourth-order valence-corrected chi connectivity index (χ4v) is 5.61. The Kier molecular flexibility index (Phi) is 5.50. The standard InChI is InChI=1S/C24H25N4O2S/c29-31(30,24-26-11-12-27-24)21-8-4-7-20(15-21)22-10-9-19(18-5-2-1-3-6-18)16-23(22)28-14-13-25-17-28/h1-7,9-10,15-16,24-27H,11-14,17H2. The number of nitrogens with one attached hydrogen (secondary N) is 3. The Morgan fingerprint density at radius 3 is 2.42 bits per heavy atom. The highest BCUT2D eigenvalue weighted by Gasteiger charge is 2.30. The lowest BCUT2D eigenvalue weighted by atomic mass is 9.97. The summed E-state index contributed by atoms with van der Waals surface area (Å²) in [6.45, 7) is 3.88. The van der Waals surface area contributed by atoms with Crippen LogP contribution in [-0.2, 0) is 9.84 Å². The Morgan fingerprint density at radius 1 is 0.871 bits per heavy atom. The Morgan fingerprint density at radius 2 is 1.68 bits per heavy atom. The van der Waals surface area contributed by atoms with E-state index in [9.17, 15) is 8.42 Å². The molecule has 0 aromatic heterocycles. The van der Waals surface area contributed by atoms with Crippen molar-refractivity contribution < 1.29 is 8.42 Å². The highest BCUT2D eigenvalue weighted by Crippen LogP contribution is 2.36. The molecule has 0 aliphatic carbocycles. The number of rotatable bonds is 5. The molecule has 0 unspecified atom stereocenters. The summed E-state index contributed by atoms with van der Waals surface area (Å²) < 4.78 is 26.0. The molecule has 0 spiro atoms. The lowest BCUT2D eigenvalue weighted by molar-refractivity contribution is 0.561. The van der Waals surface area contributed by atoms with Crippen LogP contribution in [0.4, 0.5) is 5.69 Å². The minimum Gasteiger partial charge on any atom is -0.357 e. The summed E-state index contributed by atoms with van der Waals surface area (Å²) in [5, 5.41) is 9.39. The third-order valence-electron chi connectivity index (χ3n) is 5.79. The lowest BCUT2D eigenvalue weighted by Crippen LogP contribution is -2.39. The maximum Gasteiger partial charge on any atom is 0.208 e. The van der Waals surface area contributed by atoms with Crippen LogP contribution in [0.3, 0.4) is 0 Å². The van der Waals surface area contributed by atoms with Gasteiger partial charge in [-0.3, -0.25) is 16.0 Å². The van der Waals surface area contributed by atoms with Gasteiger partial charge in [-0.05, 0) is 28.8 Å². The average Bonchev–Trinajstić information content (AvgIpc) is 3.54. The molecule has 3 aromatic carbocycles. The molecule has 6 nitrogen and oxygen atoms in total. The van der Waals surface area contributed by atoms with Gasteiger partial charge in [-0.15, -0.1) is 0 Å². The van der Waals surface area contributed by atoms with Gasteiger partial charge in [0.15, 0.2) is 5.50 Å². The molecule has 2 aliphatic rings. The van der Waals surface area contributed by atoms with Gasteiger partial charge in [-0.1, -0.05) is 54.6 Å². The van der Waals surface area contributed by atoms with Crippen LogP contribution in [0.15, 0.2) is 71.6 Å². The molecular weight excluding hydrogens is 408 g/mol. The van der Waals surface area contributed by atoms with Crippen molar-refractivity contribution in [3.8, 4) is 22.3 Å². The molecule has 159 valence electrons. The lowest BCUT2D eigenvalue weighted by Gasteiger charge is -2.22. The van der Waals surface area contributed by atoms with Crippen molar-refractivity contribution in [3.63, 3.8) is 0 Å². The molecule has 2 heterocycles. The average molecular weight is 434 g/mol. The number of benzene rings is 3. The summed E-state index contributed by atoms with van der Waals surface area (Å²) in [4.78, 5) is 2.50. The van der Waals surface area contributed by atoms with E-state index in [4.69, 9.17) is 0 Å². The molecular formula is C24H25N4O2S. The first-order valence-electron chi connectivity index (χ1n) is 10.5. The minimum absolute atomic E-state index is 0.203. The van der Waals surface area contributed by atoms with Gasteiger partial charge < -0.3 is 4.90 Å². The Labute approximate surface area is 183 Å². The molecule has 2 saturated heterocycles. The van der Waals surface area contributed by atoms with Crippen LogP contribution in [0.25, 0.3) is 22.3 Å². The van der Waals surface area contributed by atoms with Crippen LogP contribution in [0, 0.1) is 6.07 Å². The van der Waals surface area contributed by atoms with E-state index in [2.05, 4.69) is 57.2 Å². The summed E-state index contributed by atoms with van der Waals surface area (Å²) in [7, 11) is -3.56. The molecule has 7 heteroatoms. The van der Waals surface area contributed by atoms with E-state index in [0.29, 0.717) is 13.1 Å². The van der Waals surface area contributed by atoms with Gasteiger partial charge in [0.05, 0.1) is 11.6 Å². The zero-order valence-electron chi connectivity index (χ0n) is 17.1. The predicted molar refractivity (Wildman–Crippen MR) is 123 cm³/mol. The van der Waals surface area contributed by atoms with Gasteiger partial charge in [-0.2, -0.15) is 0 Å². The molecule has 0 amide bonds. The Bertz CT molecular complexity index is 1170. The van der Waals surface area contributed by atoms with Crippen LogP contribution in [0.2, 0.25) is 0 Å². The fraction of sp³-hybridized carbons (Fsp3) is 0.250. The predicted octanol–water partition coefficient (Wildman–Crippen LogP) is 2.44. The molecule has 3 N–H and O–H groups in total. The highest BCUT2D eigenvalue weighted by atomic mass is 32.2. The van der Waals surface area contributed by atoms with Crippen molar-refractivity contribution in [1.29, 1.82) is 0 Å². The van der Waals surface area contributed by atoms with Crippen molar-refractivity contribution in [1.82, 2.24) is 16.0 Å². The van der Waals surface area contributed by atoms with Gasteiger partial charge in [-0.25, -0.2) is 8.42 Å². The monoisotopic (exact) mass is 433 g/mol. The first-order valence-corrected chi connectivity index (χ1v) is 12.1. The van der Waals surface area contributed by atoms with E-state index < -0.39 is 15.3 Å². The summed E-state index contributed by atoms with van der Waals surface area (Å²) in [5.74, 6) is 0. The smallest absolute Gasteiger partial charge is 0.208 e. The SMILES string of the molecule is O=S(=O)(c1[c]ccc(-c2ccc(-c3ccccc3)cc2N2CCNC2)c1)C1NCCN1. The summed E-state index contributed by atoms with van der Waals surface area (Å²) in [6.07, 6.45) is 0. The van der Waals surface area contributed by atoms with Gasteiger partial charge >= 0.3 is 0 Å². The number of hydrogen-bond donors (Lipinski definition) is 3. The maximum atomic E-state index is 13.0. The normalized spacial score (nSPS) is 17.4. The van der Waals surface area contributed by atoms with E-state index in [-0.39, 0.29) is 4.90 Å². The van der Waals surface area contributed by atoms with Crippen molar-refractivity contribution >= 4 is 15.5 Å². The number of anilines is 1. The minimum atomic E-state index is -3.56. The highest BCUT2D eigenvalue weighted by molar-refractivity contribution is 7.92. The second-order valence-corrected chi connectivity index (χ2v) is 9.80. The second-order valence-electron chi connectivity index (χ2n) is 7.79. The van der Waals surface area contributed by atoms with E-state index in [0.717, 1.165) is 47.7 Å². The van der Waals surface area contributed by atoms with E-state index in [1.165, 1.54) is 0 Å². The number of hydrogen-bond acceptors (Lipinski definition) is 6. The third kappa shape index (κ3) is 3.97. The van der Waals surface area contributed by atoms with Crippen molar-refractivity contribution in [2.75, 3.05) is 37.7 Å². The third-order valence-corrected chi connectivity index (χ3v) is 7.60. The van der Waals surface area contributed by atoms with Gasteiger partial charge in [0.25, 0.3) is 0 Å². The van der Waals surface area contributed by atoms with Crippen LogP contribution in [-0.4, -0.2) is 46.8 Å². The molecule has 0 bridgehead atoms. The molecule has 2 aliphatic heterocycles. The molecule has 5 rings (SSSR count). The first-order chi connectivity index (χ1) is 15.1. The fourth-order valence-electron chi connectivity index (χ4n) is 4.16. The molecule has 0 saturated carbocycles. The zero-order valence-corrected chi connectivity index (χ0v) is 18.0. The second kappa shape index (κ2) is 8.43. The van der Waals surface area contributed by atoms with Crippen LogP contribution < -0.4 is 20.9 Å². The van der Waals surface area contributed by atoms with E-state index >= 15 is 0 Å².